The van der Waals surface area contributed by atoms with Crippen LogP contribution in [0.5, 0.6) is 0 Å². The Hall–Kier alpha value is -3.06. The highest BCUT2D eigenvalue weighted by Gasteiger charge is 2.23. The number of hydrogen-bond donors (Lipinski definition) is 1. The molecule has 134 valence electrons. The van der Waals surface area contributed by atoms with Crippen LogP contribution in [0.2, 0.25) is 0 Å². The second-order valence-electron chi connectivity index (χ2n) is 6.68. The molecule has 0 radical (unpaired) electrons. The molecule has 0 saturated carbocycles. The van der Waals surface area contributed by atoms with Crippen molar-refractivity contribution in [1.29, 1.82) is 0 Å². The molecular weight excluding hydrogens is 332 g/mol. The fourth-order valence-electron chi connectivity index (χ4n) is 2.79. The van der Waals surface area contributed by atoms with Crippen LogP contribution in [0.25, 0.3) is 11.5 Å². The predicted octanol–water partition coefficient (Wildman–Crippen LogP) is 1.62. The van der Waals surface area contributed by atoms with Gasteiger partial charge in [0.25, 0.3) is 11.1 Å². The summed E-state index contributed by atoms with van der Waals surface area (Å²) in [5.41, 5.74) is 0.250. The number of aromatic nitrogens is 4. The van der Waals surface area contributed by atoms with Crippen molar-refractivity contribution in [2.45, 2.75) is 33.3 Å². The van der Waals surface area contributed by atoms with E-state index >= 15 is 0 Å². The molecule has 0 amide bonds. The Balaban J connectivity index is 2.25. The summed E-state index contributed by atoms with van der Waals surface area (Å²) in [7, 11) is 0. The van der Waals surface area contributed by atoms with E-state index in [4.69, 9.17) is 0 Å². The molecule has 3 aromatic heterocycles. The molecule has 3 heterocycles. The first-order valence-electron chi connectivity index (χ1n) is 8.17. The first-order chi connectivity index (χ1) is 12.2. The van der Waals surface area contributed by atoms with Crippen molar-refractivity contribution in [3.63, 3.8) is 0 Å². The number of pyridine rings is 2. The molecule has 0 unspecified atom stereocenters. The fourth-order valence-corrected chi connectivity index (χ4v) is 2.79. The normalized spacial score (nSPS) is 11.6. The zero-order chi connectivity index (χ0) is 19.1. The van der Waals surface area contributed by atoms with Crippen molar-refractivity contribution in [2.24, 2.45) is 0 Å². The molecular formula is C19H20N4O3. The van der Waals surface area contributed by atoms with Gasteiger partial charge in [-0.1, -0.05) is 6.07 Å². The van der Waals surface area contributed by atoms with Gasteiger partial charge < -0.3 is 5.11 Å². The molecule has 0 bridgehead atoms. The van der Waals surface area contributed by atoms with E-state index < -0.39 is 11.2 Å². The fraction of sp³-hybridized carbons (Fsp3) is 0.263. The summed E-state index contributed by atoms with van der Waals surface area (Å²) in [5.74, 6) is 0.346. The zero-order valence-electron chi connectivity index (χ0n) is 15.1. The van der Waals surface area contributed by atoms with Crippen molar-refractivity contribution in [2.75, 3.05) is 0 Å². The average molecular weight is 352 g/mol. The lowest BCUT2D eigenvalue weighted by Gasteiger charge is -2.17. The van der Waals surface area contributed by atoms with Crippen LogP contribution >= 0.6 is 0 Å². The van der Waals surface area contributed by atoms with Crippen molar-refractivity contribution >= 4 is 0 Å². The van der Waals surface area contributed by atoms with Crippen LogP contribution < -0.4 is 11.1 Å². The minimum absolute atomic E-state index is 0.0250. The highest BCUT2D eigenvalue weighted by Crippen LogP contribution is 2.17. The summed E-state index contributed by atoms with van der Waals surface area (Å²) in [5, 5.41) is 10.1. The van der Waals surface area contributed by atoms with E-state index in [9.17, 15) is 14.7 Å². The largest absolute Gasteiger partial charge is 0.384 e. The van der Waals surface area contributed by atoms with Gasteiger partial charge in [0.15, 0.2) is 0 Å². The highest BCUT2D eigenvalue weighted by molar-refractivity contribution is 5.46. The van der Waals surface area contributed by atoms with Crippen molar-refractivity contribution in [1.82, 2.24) is 19.1 Å². The molecule has 7 heteroatoms. The second kappa shape index (κ2) is 6.34. The quantitative estimate of drug-likeness (QED) is 0.774. The predicted molar refractivity (Wildman–Crippen MR) is 97.9 cm³/mol. The third kappa shape index (κ3) is 3.09. The minimum Gasteiger partial charge on any atom is -0.384 e. The number of aliphatic hydroxyl groups is 1. The maximum atomic E-state index is 12.7. The van der Waals surface area contributed by atoms with Crippen molar-refractivity contribution in [3.8, 4) is 11.5 Å². The average Bonchev–Trinajstić information content (AvgIpc) is 2.55. The van der Waals surface area contributed by atoms with Crippen LogP contribution in [0.15, 0.2) is 52.4 Å². The van der Waals surface area contributed by atoms with Crippen molar-refractivity contribution < 1.29 is 5.11 Å². The van der Waals surface area contributed by atoms with Crippen LogP contribution in [0.1, 0.15) is 30.8 Å². The zero-order valence-corrected chi connectivity index (χ0v) is 15.1. The number of nitrogens with zero attached hydrogens (tertiary/aromatic N) is 4. The van der Waals surface area contributed by atoms with Gasteiger partial charge in [-0.2, -0.15) is 0 Å². The Labute approximate surface area is 150 Å². The molecule has 0 aliphatic carbocycles. The van der Waals surface area contributed by atoms with Gasteiger partial charge in [0.1, 0.15) is 17.1 Å². The Morgan fingerprint density at radius 1 is 1.12 bits per heavy atom. The maximum Gasteiger partial charge on any atom is 0.280 e. The number of aryl methyl sites for hydroxylation is 2. The van der Waals surface area contributed by atoms with Crippen LogP contribution in [0, 0.1) is 13.8 Å². The van der Waals surface area contributed by atoms with Gasteiger partial charge in [-0.3, -0.25) is 23.7 Å². The summed E-state index contributed by atoms with van der Waals surface area (Å²) in [6, 6.07) is 6.71. The molecule has 0 saturated heterocycles. The van der Waals surface area contributed by atoms with Crippen molar-refractivity contribution in [3.05, 3.63) is 80.5 Å². The summed E-state index contributed by atoms with van der Waals surface area (Å²) in [6.07, 6.45) is 4.54. The molecule has 7 nitrogen and oxygen atoms in total. The lowest BCUT2D eigenvalue weighted by Crippen LogP contribution is -2.33. The maximum absolute atomic E-state index is 12.7. The van der Waals surface area contributed by atoms with Gasteiger partial charge in [0.2, 0.25) is 0 Å². The minimum atomic E-state index is -1.37. The van der Waals surface area contributed by atoms with Crippen LogP contribution in [-0.2, 0) is 5.60 Å². The van der Waals surface area contributed by atoms with E-state index in [1.54, 1.807) is 22.9 Å². The second-order valence-corrected chi connectivity index (χ2v) is 6.68. The molecule has 0 aliphatic heterocycles. The third-order valence-electron chi connectivity index (χ3n) is 4.12. The van der Waals surface area contributed by atoms with Gasteiger partial charge in [-0.05, 0) is 39.3 Å². The van der Waals surface area contributed by atoms with Gasteiger partial charge >= 0.3 is 0 Å². The molecule has 26 heavy (non-hydrogen) atoms. The van der Waals surface area contributed by atoms with Crippen LogP contribution in [0.4, 0.5) is 0 Å². The van der Waals surface area contributed by atoms with E-state index in [2.05, 4.69) is 9.97 Å². The lowest BCUT2D eigenvalue weighted by molar-refractivity contribution is 0.0718. The molecule has 0 spiro atoms. The summed E-state index contributed by atoms with van der Waals surface area (Å²) >= 11 is 0. The van der Waals surface area contributed by atoms with E-state index in [1.807, 2.05) is 19.9 Å². The van der Waals surface area contributed by atoms with E-state index in [1.165, 1.54) is 36.9 Å². The van der Waals surface area contributed by atoms with Gasteiger partial charge in [0.05, 0.1) is 5.69 Å². The van der Waals surface area contributed by atoms with Crippen LogP contribution in [-0.4, -0.2) is 24.2 Å². The first kappa shape index (κ1) is 17.8. The van der Waals surface area contributed by atoms with Gasteiger partial charge in [-0.25, -0.2) is 4.98 Å². The Kier molecular flexibility index (Phi) is 4.33. The van der Waals surface area contributed by atoms with E-state index in [0.29, 0.717) is 11.5 Å². The Morgan fingerprint density at radius 3 is 2.50 bits per heavy atom. The summed E-state index contributed by atoms with van der Waals surface area (Å²) < 4.78 is 2.89. The Morgan fingerprint density at radius 2 is 1.85 bits per heavy atom. The SMILES string of the molecule is Cc1cnc(-n2ccnc(C(C)(C)O)c2=O)cc1-n1c(C)cccc1=O. The molecule has 0 atom stereocenters. The lowest BCUT2D eigenvalue weighted by atomic mass is 10.1. The van der Waals surface area contributed by atoms with Crippen LogP contribution in [0.3, 0.4) is 0 Å². The molecule has 1 N–H and O–H groups in total. The first-order valence-corrected chi connectivity index (χ1v) is 8.17. The van der Waals surface area contributed by atoms with E-state index in [0.717, 1.165) is 11.3 Å². The number of hydrogen-bond acceptors (Lipinski definition) is 5. The topological polar surface area (TPSA) is 90.0 Å². The number of rotatable bonds is 3. The highest BCUT2D eigenvalue weighted by atomic mass is 16.3. The third-order valence-corrected chi connectivity index (χ3v) is 4.12. The van der Waals surface area contributed by atoms with Gasteiger partial charge in [-0.15, -0.1) is 0 Å². The summed E-state index contributed by atoms with van der Waals surface area (Å²) in [6.45, 7) is 6.69. The molecule has 3 rings (SSSR count). The molecule has 0 aromatic carbocycles. The Bertz CT molecular complexity index is 1090. The molecule has 3 aromatic rings. The standard InChI is InChI=1S/C19H20N4O3/c1-12-11-21-15(10-14(12)23-13(2)6-5-7-16(23)24)22-9-8-20-17(18(22)25)19(3,4)26/h5-11,26H,1-4H3. The monoisotopic (exact) mass is 352 g/mol. The molecule has 0 aliphatic rings. The smallest absolute Gasteiger partial charge is 0.280 e. The summed E-state index contributed by atoms with van der Waals surface area (Å²) in [4.78, 5) is 33.4. The molecule has 0 fully saturated rings. The van der Waals surface area contributed by atoms with Gasteiger partial charge in [0, 0.05) is 36.4 Å². The van der Waals surface area contributed by atoms with E-state index in [-0.39, 0.29) is 11.3 Å².